The first-order valence-corrected chi connectivity index (χ1v) is 3.77. The van der Waals surface area contributed by atoms with Gasteiger partial charge in [0.2, 0.25) is 0 Å². The van der Waals surface area contributed by atoms with E-state index in [1.165, 1.54) is 6.08 Å². The highest BCUT2D eigenvalue weighted by Gasteiger charge is 2.43. The number of allylic oxidation sites excluding steroid dienone is 1. The minimum Gasteiger partial charge on any atom is -0.383 e. The Morgan fingerprint density at radius 1 is 1.73 bits per heavy atom. The van der Waals surface area contributed by atoms with E-state index in [2.05, 4.69) is 0 Å². The average Bonchev–Trinajstić information content (AvgIpc) is 2.31. The number of hydrogen-bond acceptors (Lipinski definition) is 3. The minimum atomic E-state index is -0.853. The van der Waals surface area contributed by atoms with Crippen molar-refractivity contribution in [3.63, 3.8) is 0 Å². The van der Waals surface area contributed by atoms with Crippen molar-refractivity contribution in [2.75, 3.05) is 6.61 Å². The number of aliphatic hydroxyl groups is 1. The van der Waals surface area contributed by atoms with E-state index in [1.54, 1.807) is 6.08 Å². The molecule has 3 nitrogen and oxygen atoms in total. The summed E-state index contributed by atoms with van der Waals surface area (Å²) in [5.41, 5.74) is -0.853. The summed E-state index contributed by atoms with van der Waals surface area (Å²) in [6.45, 7) is 0.554. The molecule has 3 heteroatoms. The Kier molecular flexibility index (Phi) is 1.37. The maximum absolute atomic E-state index is 10.9. The molecule has 0 aromatic heterocycles. The van der Waals surface area contributed by atoms with Crippen molar-refractivity contribution in [1.29, 1.82) is 0 Å². The van der Waals surface area contributed by atoms with Gasteiger partial charge in [0.05, 0.1) is 12.7 Å². The largest absolute Gasteiger partial charge is 0.383 e. The van der Waals surface area contributed by atoms with Crippen LogP contribution in [0, 0.1) is 0 Å². The summed E-state index contributed by atoms with van der Waals surface area (Å²) in [4.78, 5) is 10.9. The summed E-state index contributed by atoms with van der Waals surface area (Å²) >= 11 is 0. The number of carbonyl (C=O) groups excluding carboxylic acids is 1. The smallest absolute Gasteiger partial charge is 0.158 e. The predicted molar refractivity (Wildman–Crippen MR) is 38.1 cm³/mol. The fourth-order valence-corrected chi connectivity index (χ4v) is 1.58. The van der Waals surface area contributed by atoms with Gasteiger partial charge in [-0.1, -0.05) is 0 Å². The van der Waals surface area contributed by atoms with Gasteiger partial charge in [-0.15, -0.1) is 0 Å². The minimum absolute atomic E-state index is 0.0431. The lowest BCUT2D eigenvalue weighted by Gasteiger charge is -2.27. The van der Waals surface area contributed by atoms with Gasteiger partial charge >= 0.3 is 0 Å². The topological polar surface area (TPSA) is 46.5 Å². The molecule has 1 N–H and O–H groups in total. The number of carbonyl (C=O) groups is 1. The quantitative estimate of drug-likeness (QED) is 0.535. The summed E-state index contributed by atoms with van der Waals surface area (Å²) in [6.07, 6.45) is 3.66. The molecule has 1 fully saturated rings. The van der Waals surface area contributed by atoms with Crippen LogP contribution in [0.5, 0.6) is 0 Å². The molecule has 1 unspecified atom stereocenters. The van der Waals surface area contributed by atoms with Crippen LogP contribution in [0.4, 0.5) is 0 Å². The molecule has 0 aromatic carbocycles. The van der Waals surface area contributed by atoms with Crippen LogP contribution in [-0.4, -0.2) is 29.2 Å². The number of fused-ring (bicyclic) bond motifs is 1. The average molecular weight is 154 g/mol. The maximum Gasteiger partial charge on any atom is 0.158 e. The number of ether oxygens (including phenoxy) is 1. The van der Waals surface area contributed by atoms with Gasteiger partial charge in [0, 0.05) is 12.8 Å². The van der Waals surface area contributed by atoms with Crippen LogP contribution in [0.3, 0.4) is 0 Å². The summed E-state index contributed by atoms with van der Waals surface area (Å²) in [5.74, 6) is 0.0431. The van der Waals surface area contributed by atoms with E-state index in [4.69, 9.17) is 4.74 Å². The van der Waals surface area contributed by atoms with Crippen LogP contribution >= 0.6 is 0 Å². The maximum atomic E-state index is 10.9. The van der Waals surface area contributed by atoms with Crippen molar-refractivity contribution in [2.24, 2.45) is 0 Å². The first-order valence-electron chi connectivity index (χ1n) is 3.77. The van der Waals surface area contributed by atoms with Crippen molar-refractivity contribution in [3.05, 3.63) is 12.2 Å². The van der Waals surface area contributed by atoms with Crippen LogP contribution in [0.25, 0.3) is 0 Å². The third kappa shape index (κ3) is 1.01. The molecule has 2 atom stereocenters. The molecule has 0 radical (unpaired) electrons. The molecule has 2 aliphatic rings. The first-order chi connectivity index (χ1) is 5.21. The van der Waals surface area contributed by atoms with E-state index in [1.807, 2.05) is 0 Å². The molecule has 0 amide bonds. The monoisotopic (exact) mass is 154 g/mol. The molecule has 0 aromatic rings. The SMILES string of the molecule is O=C1C=C[C@@]2(O)CCOC2C1. The van der Waals surface area contributed by atoms with Crippen molar-refractivity contribution in [1.82, 2.24) is 0 Å². The van der Waals surface area contributed by atoms with E-state index < -0.39 is 5.60 Å². The van der Waals surface area contributed by atoms with E-state index in [0.29, 0.717) is 19.4 Å². The number of hydrogen-bond donors (Lipinski definition) is 1. The second kappa shape index (κ2) is 2.16. The van der Waals surface area contributed by atoms with E-state index in [9.17, 15) is 9.90 Å². The molecule has 1 aliphatic heterocycles. The summed E-state index contributed by atoms with van der Waals surface area (Å²) in [7, 11) is 0. The van der Waals surface area contributed by atoms with Crippen molar-refractivity contribution in [2.45, 2.75) is 24.5 Å². The number of rotatable bonds is 0. The second-order valence-corrected chi connectivity index (χ2v) is 3.10. The lowest BCUT2D eigenvalue weighted by atomic mass is 9.87. The second-order valence-electron chi connectivity index (χ2n) is 3.10. The molecule has 0 spiro atoms. The predicted octanol–water partition coefficient (Wildman–Crippen LogP) is 0.0354. The molecule has 0 bridgehead atoms. The standard InChI is InChI=1S/C8H10O3/c9-6-1-2-8(10)3-4-11-7(8)5-6/h1-2,7,10H,3-5H2/t7?,8-/m1/s1. The summed E-state index contributed by atoms with van der Waals surface area (Å²) in [5, 5.41) is 9.76. The van der Waals surface area contributed by atoms with Gasteiger partial charge in [-0.05, 0) is 12.2 Å². The zero-order chi connectivity index (χ0) is 7.90. The van der Waals surface area contributed by atoms with Crippen LogP contribution in [0.1, 0.15) is 12.8 Å². The van der Waals surface area contributed by atoms with Crippen LogP contribution in [-0.2, 0) is 9.53 Å². The Morgan fingerprint density at radius 2 is 2.55 bits per heavy atom. The molecule has 1 heterocycles. The Bertz CT molecular complexity index is 221. The highest BCUT2D eigenvalue weighted by molar-refractivity contribution is 5.91. The molecule has 2 rings (SSSR count). The van der Waals surface area contributed by atoms with Crippen molar-refractivity contribution < 1.29 is 14.6 Å². The fourth-order valence-electron chi connectivity index (χ4n) is 1.58. The highest BCUT2D eigenvalue weighted by Crippen LogP contribution is 2.32. The third-order valence-electron chi connectivity index (χ3n) is 2.32. The molecule has 1 aliphatic carbocycles. The molecular weight excluding hydrogens is 144 g/mol. The first kappa shape index (κ1) is 7.00. The Labute approximate surface area is 64.7 Å². The zero-order valence-electron chi connectivity index (χ0n) is 6.12. The zero-order valence-corrected chi connectivity index (χ0v) is 6.12. The molecule has 0 saturated carbocycles. The number of ketones is 1. The Hall–Kier alpha value is -0.670. The third-order valence-corrected chi connectivity index (χ3v) is 2.32. The van der Waals surface area contributed by atoms with Gasteiger partial charge < -0.3 is 9.84 Å². The van der Waals surface area contributed by atoms with E-state index in [0.717, 1.165) is 0 Å². The Balaban J connectivity index is 2.28. The van der Waals surface area contributed by atoms with Gasteiger partial charge in [-0.2, -0.15) is 0 Å². The van der Waals surface area contributed by atoms with Crippen LogP contribution < -0.4 is 0 Å². The lowest BCUT2D eigenvalue weighted by molar-refractivity contribution is -0.120. The molecule has 60 valence electrons. The van der Waals surface area contributed by atoms with Gasteiger partial charge in [-0.3, -0.25) is 4.79 Å². The van der Waals surface area contributed by atoms with E-state index >= 15 is 0 Å². The van der Waals surface area contributed by atoms with Crippen LogP contribution in [0.15, 0.2) is 12.2 Å². The lowest BCUT2D eigenvalue weighted by Crippen LogP contribution is -2.40. The highest BCUT2D eigenvalue weighted by atomic mass is 16.5. The van der Waals surface area contributed by atoms with Gasteiger partial charge in [-0.25, -0.2) is 0 Å². The normalized spacial score (nSPS) is 42.6. The van der Waals surface area contributed by atoms with Crippen LogP contribution in [0.2, 0.25) is 0 Å². The Morgan fingerprint density at radius 3 is 3.36 bits per heavy atom. The van der Waals surface area contributed by atoms with Gasteiger partial charge in [0.1, 0.15) is 5.60 Å². The molecule has 11 heavy (non-hydrogen) atoms. The molecular formula is C8H10O3. The molecule has 1 saturated heterocycles. The fraction of sp³-hybridized carbons (Fsp3) is 0.625. The summed E-state index contributed by atoms with van der Waals surface area (Å²) in [6, 6.07) is 0. The van der Waals surface area contributed by atoms with Crippen molar-refractivity contribution >= 4 is 5.78 Å². The summed E-state index contributed by atoms with van der Waals surface area (Å²) < 4.78 is 5.21. The van der Waals surface area contributed by atoms with E-state index in [-0.39, 0.29) is 11.9 Å². The van der Waals surface area contributed by atoms with Crippen molar-refractivity contribution in [3.8, 4) is 0 Å². The van der Waals surface area contributed by atoms with Gasteiger partial charge in [0.15, 0.2) is 5.78 Å². The van der Waals surface area contributed by atoms with Gasteiger partial charge in [0.25, 0.3) is 0 Å².